The summed E-state index contributed by atoms with van der Waals surface area (Å²) >= 11 is 0. The molecule has 0 aliphatic heterocycles. The maximum absolute atomic E-state index is 11.3. The maximum Gasteiger partial charge on any atom is 0.323 e. The van der Waals surface area contributed by atoms with E-state index in [-0.39, 0.29) is 17.0 Å². The zero-order valence-electron chi connectivity index (χ0n) is 14.4. The molecule has 2 rings (SSSR count). The molecule has 0 heterocycles. The van der Waals surface area contributed by atoms with E-state index in [9.17, 15) is 13.2 Å². The second-order valence-corrected chi connectivity index (χ2v) is 7.94. The van der Waals surface area contributed by atoms with Gasteiger partial charge in [0.25, 0.3) is 10.1 Å². The van der Waals surface area contributed by atoms with Crippen molar-refractivity contribution < 1.29 is 22.5 Å². The van der Waals surface area contributed by atoms with Gasteiger partial charge in [0.15, 0.2) is 0 Å². The molecule has 1 aromatic rings. The Kier molecular flexibility index (Phi) is 7.86. The van der Waals surface area contributed by atoms with Gasteiger partial charge in [0, 0.05) is 0 Å². The molecule has 6 nitrogen and oxygen atoms in total. The highest BCUT2D eigenvalue weighted by Crippen LogP contribution is 2.22. The van der Waals surface area contributed by atoms with E-state index in [4.69, 9.17) is 15.0 Å². The molecule has 136 valence electrons. The highest BCUT2D eigenvalue weighted by atomic mass is 32.2. The number of carbonyl (C=O) groups excluding carboxylic acids is 1. The summed E-state index contributed by atoms with van der Waals surface area (Å²) in [6.07, 6.45) is 4.08. The first kappa shape index (κ1) is 20.6. The van der Waals surface area contributed by atoms with Crippen molar-refractivity contribution in [2.75, 3.05) is 0 Å². The summed E-state index contributed by atoms with van der Waals surface area (Å²) in [4.78, 5) is 11.3. The lowest BCUT2D eigenvalue weighted by molar-refractivity contribution is -0.154. The van der Waals surface area contributed by atoms with Crippen LogP contribution in [0.3, 0.4) is 0 Å². The van der Waals surface area contributed by atoms with Gasteiger partial charge in [-0.2, -0.15) is 8.42 Å². The molecule has 1 saturated carbocycles. The first-order valence-corrected chi connectivity index (χ1v) is 9.54. The van der Waals surface area contributed by atoms with Gasteiger partial charge in [-0.1, -0.05) is 31.5 Å². The normalized spacial score (nSPS) is 15.9. The predicted octanol–water partition coefficient (Wildman–Crippen LogP) is 2.70. The van der Waals surface area contributed by atoms with Crippen LogP contribution in [-0.4, -0.2) is 31.1 Å². The van der Waals surface area contributed by atoms with E-state index in [2.05, 4.69) is 13.8 Å². The summed E-state index contributed by atoms with van der Waals surface area (Å²) in [6.45, 7) is 5.95. The minimum absolute atomic E-state index is 0.0666. The first-order valence-electron chi connectivity index (χ1n) is 8.10. The zero-order chi connectivity index (χ0) is 18.3. The van der Waals surface area contributed by atoms with Gasteiger partial charge in [0.05, 0.1) is 4.90 Å². The quantitative estimate of drug-likeness (QED) is 0.620. The Hall–Kier alpha value is -1.44. The van der Waals surface area contributed by atoms with Gasteiger partial charge < -0.3 is 10.5 Å². The third-order valence-electron chi connectivity index (χ3n) is 3.68. The Morgan fingerprint density at radius 2 is 1.83 bits per heavy atom. The molecule has 24 heavy (non-hydrogen) atoms. The van der Waals surface area contributed by atoms with Crippen LogP contribution >= 0.6 is 0 Å². The Labute approximate surface area is 144 Å². The third-order valence-corrected chi connectivity index (χ3v) is 4.55. The summed E-state index contributed by atoms with van der Waals surface area (Å²) in [5, 5.41) is 0. The van der Waals surface area contributed by atoms with Gasteiger partial charge in [0.2, 0.25) is 0 Å². The highest BCUT2D eigenvalue weighted by Gasteiger charge is 2.25. The number of ether oxygens (including phenoxy) is 1. The number of hydrogen-bond donors (Lipinski definition) is 2. The lowest BCUT2D eigenvalue weighted by Crippen LogP contribution is -2.37. The average Bonchev–Trinajstić information content (AvgIpc) is 2.42. The number of benzene rings is 1. The predicted molar refractivity (Wildman–Crippen MR) is 92.2 cm³/mol. The zero-order valence-corrected chi connectivity index (χ0v) is 15.3. The van der Waals surface area contributed by atoms with E-state index in [1.807, 2.05) is 6.92 Å². The van der Waals surface area contributed by atoms with Crippen LogP contribution in [0.5, 0.6) is 0 Å². The largest absolute Gasteiger partial charge is 0.461 e. The molecule has 1 unspecified atom stereocenters. The van der Waals surface area contributed by atoms with Crippen LogP contribution in [0, 0.1) is 12.8 Å². The number of carbonyl (C=O) groups is 1. The van der Waals surface area contributed by atoms with Crippen molar-refractivity contribution in [1.82, 2.24) is 0 Å². The van der Waals surface area contributed by atoms with E-state index in [1.54, 1.807) is 12.1 Å². The van der Waals surface area contributed by atoms with Crippen molar-refractivity contribution in [1.29, 1.82) is 0 Å². The minimum atomic E-state index is -4.02. The van der Waals surface area contributed by atoms with E-state index in [1.165, 1.54) is 18.6 Å². The number of hydrogen-bond acceptors (Lipinski definition) is 5. The molecule has 7 heteroatoms. The van der Waals surface area contributed by atoms with Gasteiger partial charge in [-0.25, -0.2) is 0 Å². The van der Waals surface area contributed by atoms with Crippen LogP contribution in [0.15, 0.2) is 29.2 Å². The summed E-state index contributed by atoms with van der Waals surface area (Å²) in [6, 6.07) is 5.56. The van der Waals surface area contributed by atoms with Crippen molar-refractivity contribution in [3.05, 3.63) is 29.8 Å². The SMILES string of the molecule is CC(C)CC(N)C(=O)OC1CCC1.Cc1ccc(S(=O)(=O)O)cc1. The second kappa shape index (κ2) is 9.15. The number of rotatable bonds is 5. The molecule has 0 radical (unpaired) electrons. The monoisotopic (exact) mass is 357 g/mol. The fourth-order valence-corrected chi connectivity index (χ4v) is 2.53. The average molecular weight is 357 g/mol. The Balaban J connectivity index is 0.000000243. The summed E-state index contributed by atoms with van der Waals surface area (Å²) in [5.74, 6) is 0.224. The molecule has 0 amide bonds. The molecular weight excluding hydrogens is 330 g/mol. The molecule has 1 aliphatic carbocycles. The van der Waals surface area contributed by atoms with E-state index in [0.29, 0.717) is 12.3 Å². The van der Waals surface area contributed by atoms with Gasteiger partial charge in [-0.3, -0.25) is 9.35 Å². The maximum atomic E-state index is 11.3. The van der Waals surface area contributed by atoms with E-state index >= 15 is 0 Å². The Morgan fingerprint density at radius 3 is 2.21 bits per heavy atom. The fourth-order valence-electron chi connectivity index (χ4n) is 2.05. The van der Waals surface area contributed by atoms with E-state index in [0.717, 1.165) is 18.4 Å². The first-order chi connectivity index (χ1) is 11.1. The fraction of sp³-hybridized carbons (Fsp3) is 0.588. The smallest absolute Gasteiger partial charge is 0.323 e. The van der Waals surface area contributed by atoms with Crippen LogP contribution in [0.1, 0.15) is 45.1 Å². The van der Waals surface area contributed by atoms with E-state index < -0.39 is 16.2 Å². The topological polar surface area (TPSA) is 107 Å². The van der Waals surface area contributed by atoms with Crippen molar-refractivity contribution in [2.24, 2.45) is 11.7 Å². The minimum Gasteiger partial charge on any atom is -0.461 e. The van der Waals surface area contributed by atoms with Crippen molar-refractivity contribution in [3.8, 4) is 0 Å². The molecule has 3 N–H and O–H groups in total. The number of nitrogens with two attached hydrogens (primary N) is 1. The molecule has 0 saturated heterocycles. The van der Waals surface area contributed by atoms with Gasteiger partial charge in [-0.15, -0.1) is 0 Å². The van der Waals surface area contributed by atoms with Crippen LogP contribution in [0.25, 0.3) is 0 Å². The second-order valence-electron chi connectivity index (χ2n) is 6.51. The van der Waals surface area contributed by atoms with Crippen LogP contribution in [0.2, 0.25) is 0 Å². The summed E-state index contributed by atoms with van der Waals surface area (Å²) < 4.78 is 34.7. The molecule has 1 aliphatic rings. The highest BCUT2D eigenvalue weighted by molar-refractivity contribution is 7.85. The lowest BCUT2D eigenvalue weighted by atomic mass is 9.96. The Morgan fingerprint density at radius 1 is 1.29 bits per heavy atom. The van der Waals surface area contributed by atoms with Crippen LogP contribution in [0.4, 0.5) is 0 Å². The van der Waals surface area contributed by atoms with Gasteiger partial charge in [-0.05, 0) is 50.7 Å². The summed E-state index contributed by atoms with van der Waals surface area (Å²) in [7, 11) is -4.02. The standard InChI is InChI=1S/C10H19NO2.C7H8O3S/c1-7(2)6-9(11)10(12)13-8-4-3-5-8;1-6-2-4-7(5-3-6)11(8,9)10/h7-9H,3-6,11H2,1-2H3;2-5H,1H3,(H,8,9,10). The molecule has 0 bridgehead atoms. The molecule has 0 spiro atoms. The molecular formula is C17H27NO5S. The summed E-state index contributed by atoms with van der Waals surface area (Å²) in [5.41, 5.74) is 6.63. The lowest BCUT2D eigenvalue weighted by Gasteiger charge is -2.26. The molecule has 1 aromatic carbocycles. The molecule has 1 atom stereocenters. The number of esters is 1. The molecule has 1 fully saturated rings. The van der Waals surface area contributed by atoms with Crippen molar-refractivity contribution in [3.63, 3.8) is 0 Å². The van der Waals surface area contributed by atoms with Gasteiger partial charge >= 0.3 is 5.97 Å². The van der Waals surface area contributed by atoms with Crippen molar-refractivity contribution in [2.45, 2.75) is 63.5 Å². The Bertz CT molecular complexity index is 621. The van der Waals surface area contributed by atoms with Crippen LogP contribution < -0.4 is 5.73 Å². The van der Waals surface area contributed by atoms with Crippen LogP contribution in [-0.2, 0) is 19.6 Å². The van der Waals surface area contributed by atoms with Crippen molar-refractivity contribution >= 4 is 16.1 Å². The third kappa shape index (κ3) is 7.42. The number of aryl methyl sites for hydroxylation is 1. The van der Waals surface area contributed by atoms with Gasteiger partial charge in [0.1, 0.15) is 12.1 Å². The molecule has 0 aromatic heterocycles.